The van der Waals surface area contributed by atoms with E-state index in [1.165, 1.54) is 4.88 Å². The quantitative estimate of drug-likeness (QED) is 0.866. The third-order valence-corrected chi connectivity index (χ3v) is 4.68. The fourth-order valence-corrected chi connectivity index (χ4v) is 3.57. The lowest BCUT2D eigenvalue weighted by Crippen LogP contribution is -2.35. The average molecular weight is 319 g/mol. The lowest BCUT2D eigenvalue weighted by Gasteiger charge is -2.23. The van der Waals surface area contributed by atoms with Crippen molar-refractivity contribution in [3.8, 4) is 5.75 Å². The van der Waals surface area contributed by atoms with Crippen molar-refractivity contribution in [1.29, 1.82) is 0 Å². The van der Waals surface area contributed by atoms with Crippen molar-refractivity contribution >= 4 is 11.3 Å². The maximum absolute atomic E-state index is 6.00. The minimum absolute atomic E-state index is 0.0287. The molecule has 0 aliphatic carbocycles. The number of pyridine rings is 1. The van der Waals surface area contributed by atoms with E-state index in [-0.39, 0.29) is 6.10 Å². The molecule has 1 atom stereocenters. The number of ether oxygens (including phenoxy) is 2. The summed E-state index contributed by atoms with van der Waals surface area (Å²) in [5, 5.41) is 1.13. The number of hydrogen-bond acceptors (Lipinski definition) is 6. The molecule has 2 aromatic rings. The predicted octanol–water partition coefficient (Wildman–Crippen LogP) is 2.43. The van der Waals surface area contributed by atoms with E-state index in [9.17, 15) is 0 Å². The second-order valence-electron chi connectivity index (χ2n) is 5.48. The SMILES string of the molecule is Cc1nc(C)c(CN2CCOC[C@H](Oc3cccnc3)C2)s1. The Kier molecular flexibility index (Phi) is 5.02. The van der Waals surface area contributed by atoms with Crippen LogP contribution in [0.4, 0.5) is 0 Å². The summed E-state index contributed by atoms with van der Waals surface area (Å²) in [6, 6.07) is 3.81. The Morgan fingerprint density at radius 1 is 1.45 bits per heavy atom. The number of hydrogen-bond donors (Lipinski definition) is 0. The summed E-state index contributed by atoms with van der Waals surface area (Å²) < 4.78 is 11.7. The Morgan fingerprint density at radius 3 is 3.09 bits per heavy atom. The average Bonchev–Trinajstić information content (AvgIpc) is 2.70. The van der Waals surface area contributed by atoms with Gasteiger partial charge < -0.3 is 9.47 Å². The van der Waals surface area contributed by atoms with Gasteiger partial charge in [-0.3, -0.25) is 9.88 Å². The second-order valence-corrected chi connectivity index (χ2v) is 6.77. The normalized spacial score (nSPS) is 19.8. The van der Waals surface area contributed by atoms with Crippen LogP contribution in [0.25, 0.3) is 0 Å². The number of aromatic nitrogens is 2. The largest absolute Gasteiger partial charge is 0.485 e. The molecule has 0 spiro atoms. The molecule has 0 bridgehead atoms. The third-order valence-electron chi connectivity index (χ3n) is 3.62. The number of nitrogens with zero attached hydrogens (tertiary/aromatic N) is 3. The summed E-state index contributed by atoms with van der Waals surface area (Å²) in [5.41, 5.74) is 1.14. The van der Waals surface area contributed by atoms with E-state index in [1.807, 2.05) is 12.1 Å². The topological polar surface area (TPSA) is 47.5 Å². The van der Waals surface area contributed by atoms with Crippen LogP contribution in [0.1, 0.15) is 15.6 Å². The molecule has 22 heavy (non-hydrogen) atoms. The fraction of sp³-hybridized carbons (Fsp3) is 0.500. The fourth-order valence-electron chi connectivity index (χ4n) is 2.59. The van der Waals surface area contributed by atoms with Crippen LogP contribution in [0.15, 0.2) is 24.5 Å². The molecule has 0 N–H and O–H groups in total. The van der Waals surface area contributed by atoms with E-state index < -0.39 is 0 Å². The minimum Gasteiger partial charge on any atom is -0.485 e. The van der Waals surface area contributed by atoms with Crippen molar-refractivity contribution in [3.05, 3.63) is 40.1 Å². The molecule has 1 saturated heterocycles. The molecule has 0 unspecified atom stereocenters. The Labute approximate surface area is 134 Å². The van der Waals surface area contributed by atoms with Gasteiger partial charge in [0, 0.05) is 30.7 Å². The van der Waals surface area contributed by atoms with Crippen LogP contribution in [0, 0.1) is 13.8 Å². The molecule has 118 valence electrons. The van der Waals surface area contributed by atoms with Crippen LogP contribution in [-0.4, -0.2) is 47.3 Å². The molecule has 1 aliphatic heterocycles. The summed E-state index contributed by atoms with van der Waals surface area (Å²) in [6.45, 7) is 8.18. The lowest BCUT2D eigenvalue weighted by molar-refractivity contribution is 0.0708. The lowest BCUT2D eigenvalue weighted by atomic mass is 10.3. The first-order chi connectivity index (χ1) is 10.7. The van der Waals surface area contributed by atoms with E-state index in [1.54, 1.807) is 23.7 Å². The van der Waals surface area contributed by atoms with Crippen molar-refractivity contribution < 1.29 is 9.47 Å². The highest BCUT2D eigenvalue weighted by molar-refractivity contribution is 7.11. The van der Waals surface area contributed by atoms with E-state index in [0.717, 1.165) is 42.7 Å². The zero-order chi connectivity index (χ0) is 15.4. The van der Waals surface area contributed by atoms with Gasteiger partial charge in [0.25, 0.3) is 0 Å². The van der Waals surface area contributed by atoms with Crippen LogP contribution >= 0.6 is 11.3 Å². The molecule has 0 amide bonds. The Morgan fingerprint density at radius 2 is 2.36 bits per heavy atom. The highest BCUT2D eigenvalue weighted by Gasteiger charge is 2.21. The molecule has 0 aromatic carbocycles. The first-order valence-corrected chi connectivity index (χ1v) is 8.32. The van der Waals surface area contributed by atoms with E-state index in [0.29, 0.717) is 6.61 Å². The van der Waals surface area contributed by atoms with Gasteiger partial charge in [0.05, 0.1) is 30.1 Å². The monoisotopic (exact) mass is 319 g/mol. The van der Waals surface area contributed by atoms with Crippen LogP contribution in [0.5, 0.6) is 5.75 Å². The smallest absolute Gasteiger partial charge is 0.138 e. The van der Waals surface area contributed by atoms with E-state index in [2.05, 4.69) is 28.7 Å². The van der Waals surface area contributed by atoms with Crippen LogP contribution < -0.4 is 4.74 Å². The Balaban J connectivity index is 1.63. The first-order valence-electron chi connectivity index (χ1n) is 7.50. The molecule has 0 radical (unpaired) electrons. The summed E-state index contributed by atoms with van der Waals surface area (Å²) in [4.78, 5) is 12.3. The molecule has 1 fully saturated rings. The van der Waals surface area contributed by atoms with Gasteiger partial charge in [0.15, 0.2) is 0 Å². The van der Waals surface area contributed by atoms with Crippen molar-refractivity contribution in [1.82, 2.24) is 14.9 Å². The molecule has 2 aromatic heterocycles. The standard InChI is InChI=1S/C16H21N3O2S/c1-12-16(22-13(2)18-12)10-19-6-7-20-11-15(9-19)21-14-4-3-5-17-8-14/h3-5,8,15H,6-7,9-11H2,1-2H3/t15-/m1/s1. The third kappa shape index (κ3) is 4.03. The Hall–Kier alpha value is -1.50. The zero-order valence-corrected chi connectivity index (χ0v) is 13.8. The molecular weight excluding hydrogens is 298 g/mol. The number of rotatable bonds is 4. The van der Waals surface area contributed by atoms with Crippen molar-refractivity contribution in [3.63, 3.8) is 0 Å². The molecule has 6 heteroatoms. The van der Waals surface area contributed by atoms with Gasteiger partial charge in [-0.05, 0) is 26.0 Å². The molecular formula is C16H21N3O2S. The summed E-state index contributed by atoms with van der Waals surface area (Å²) in [5.74, 6) is 0.794. The number of aryl methyl sites for hydroxylation is 2. The van der Waals surface area contributed by atoms with Gasteiger partial charge in [-0.2, -0.15) is 0 Å². The summed E-state index contributed by atoms with van der Waals surface area (Å²) in [6.07, 6.45) is 3.52. The summed E-state index contributed by atoms with van der Waals surface area (Å²) >= 11 is 1.78. The van der Waals surface area contributed by atoms with Gasteiger partial charge >= 0.3 is 0 Å². The molecule has 3 rings (SSSR count). The minimum atomic E-state index is 0.0287. The molecule has 1 aliphatic rings. The molecule has 5 nitrogen and oxygen atoms in total. The molecule has 0 saturated carbocycles. The highest BCUT2D eigenvalue weighted by atomic mass is 32.1. The highest BCUT2D eigenvalue weighted by Crippen LogP contribution is 2.20. The first kappa shape index (κ1) is 15.4. The maximum atomic E-state index is 6.00. The van der Waals surface area contributed by atoms with Crippen LogP contribution in [-0.2, 0) is 11.3 Å². The van der Waals surface area contributed by atoms with E-state index >= 15 is 0 Å². The van der Waals surface area contributed by atoms with Crippen molar-refractivity contribution in [2.45, 2.75) is 26.5 Å². The van der Waals surface area contributed by atoms with Crippen LogP contribution in [0.3, 0.4) is 0 Å². The van der Waals surface area contributed by atoms with Crippen molar-refractivity contribution in [2.24, 2.45) is 0 Å². The second kappa shape index (κ2) is 7.17. The Bertz CT molecular complexity index is 603. The van der Waals surface area contributed by atoms with Crippen molar-refractivity contribution in [2.75, 3.05) is 26.3 Å². The predicted molar refractivity (Wildman–Crippen MR) is 86.3 cm³/mol. The maximum Gasteiger partial charge on any atom is 0.138 e. The van der Waals surface area contributed by atoms with Gasteiger partial charge in [-0.1, -0.05) is 0 Å². The molecule has 3 heterocycles. The summed E-state index contributed by atoms with van der Waals surface area (Å²) in [7, 11) is 0. The number of thiazole rings is 1. The van der Waals surface area contributed by atoms with Gasteiger partial charge in [-0.15, -0.1) is 11.3 Å². The van der Waals surface area contributed by atoms with Gasteiger partial charge in [0.2, 0.25) is 0 Å². The van der Waals surface area contributed by atoms with Gasteiger partial charge in [0.1, 0.15) is 11.9 Å². The van der Waals surface area contributed by atoms with E-state index in [4.69, 9.17) is 9.47 Å². The van der Waals surface area contributed by atoms with Crippen LogP contribution in [0.2, 0.25) is 0 Å². The zero-order valence-electron chi connectivity index (χ0n) is 13.0. The van der Waals surface area contributed by atoms with Gasteiger partial charge in [-0.25, -0.2) is 4.98 Å².